The SMILES string of the molecule is CC(C)N(C)S(=O)(=O)NC(=O)c1cnc(Nc2c3c(cc4c2CCC4)CCC3)o1. The van der Waals surface area contributed by atoms with E-state index >= 15 is 0 Å². The van der Waals surface area contributed by atoms with Crippen molar-refractivity contribution >= 4 is 27.8 Å². The van der Waals surface area contributed by atoms with Gasteiger partial charge >= 0.3 is 16.1 Å². The van der Waals surface area contributed by atoms with E-state index in [9.17, 15) is 13.2 Å². The molecule has 0 spiro atoms. The van der Waals surface area contributed by atoms with Crippen molar-refractivity contribution in [3.05, 3.63) is 40.3 Å². The lowest BCUT2D eigenvalue weighted by Gasteiger charge is -2.20. The summed E-state index contributed by atoms with van der Waals surface area (Å²) in [5.41, 5.74) is 6.40. The molecule has 1 aromatic carbocycles. The van der Waals surface area contributed by atoms with Crippen molar-refractivity contribution in [1.29, 1.82) is 0 Å². The quantitative estimate of drug-likeness (QED) is 0.747. The first-order valence-corrected chi connectivity index (χ1v) is 11.4. The Labute approximate surface area is 170 Å². The molecule has 4 rings (SSSR count). The molecule has 8 nitrogen and oxygen atoms in total. The molecule has 2 N–H and O–H groups in total. The summed E-state index contributed by atoms with van der Waals surface area (Å²) in [6.07, 6.45) is 7.69. The number of hydrogen-bond acceptors (Lipinski definition) is 6. The zero-order valence-electron chi connectivity index (χ0n) is 16.9. The number of carbonyl (C=O) groups excluding carboxylic acids is 1. The van der Waals surface area contributed by atoms with Crippen LogP contribution in [0.2, 0.25) is 0 Å². The van der Waals surface area contributed by atoms with E-state index in [1.54, 1.807) is 13.8 Å². The number of aryl methyl sites for hydroxylation is 2. The molecule has 9 heteroatoms. The van der Waals surface area contributed by atoms with E-state index in [0.717, 1.165) is 48.5 Å². The second-order valence-corrected chi connectivity index (χ2v) is 9.67. The van der Waals surface area contributed by atoms with Crippen LogP contribution in [0.1, 0.15) is 59.5 Å². The van der Waals surface area contributed by atoms with Crippen molar-refractivity contribution in [2.75, 3.05) is 12.4 Å². The summed E-state index contributed by atoms with van der Waals surface area (Å²) in [5.74, 6) is -1.00. The molecule has 1 aromatic heterocycles. The zero-order chi connectivity index (χ0) is 20.8. The minimum atomic E-state index is -3.95. The molecule has 0 saturated carbocycles. The second-order valence-electron chi connectivity index (χ2n) is 7.93. The Hall–Kier alpha value is -2.39. The molecule has 29 heavy (non-hydrogen) atoms. The van der Waals surface area contributed by atoms with Crippen LogP contribution in [0.5, 0.6) is 0 Å². The van der Waals surface area contributed by atoms with Gasteiger partial charge in [-0.25, -0.2) is 9.71 Å². The van der Waals surface area contributed by atoms with Crippen molar-refractivity contribution in [3.8, 4) is 0 Å². The summed E-state index contributed by atoms with van der Waals surface area (Å²) >= 11 is 0. The van der Waals surface area contributed by atoms with Gasteiger partial charge in [-0.2, -0.15) is 12.7 Å². The zero-order valence-corrected chi connectivity index (χ0v) is 17.7. The summed E-state index contributed by atoms with van der Waals surface area (Å²) in [5, 5.41) is 3.27. The third kappa shape index (κ3) is 3.76. The van der Waals surface area contributed by atoms with Crippen molar-refractivity contribution < 1.29 is 17.6 Å². The first-order chi connectivity index (χ1) is 13.8. The minimum absolute atomic E-state index is 0.155. The molecule has 2 aromatic rings. The number of anilines is 2. The van der Waals surface area contributed by atoms with E-state index in [4.69, 9.17) is 4.42 Å². The van der Waals surface area contributed by atoms with Crippen LogP contribution in [0.3, 0.4) is 0 Å². The lowest BCUT2D eigenvalue weighted by atomic mass is 9.99. The Morgan fingerprint density at radius 1 is 1.14 bits per heavy atom. The van der Waals surface area contributed by atoms with Gasteiger partial charge in [0.2, 0.25) is 5.76 Å². The Kier molecular flexibility index (Phi) is 5.12. The molecule has 2 aliphatic rings. The van der Waals surface area contributed by atoms with Gasteiger partial charge in [0.25, 0.3) is 6.01 Å². The maximum atomic E-state index is 12.3. The Bertz CT molecular complexity index is 1030. The van der Waals surface area contributed by atoms with Crippen LogP contribution < -0.4 is 10.0 Å². The van der Waals surface area contributed by atoms with Crippen LogP contribution >= 0.6 is 0 Å². The lowest BCUT2D eigenvalue weighted by Crippen LogP contribution is -2.44. The molecule has 0 bridgehead atoms. The molecule has 0 aliphatic heterocycles. The van der Waals surface area contributed by atoms with Crippen LogP contribution in [0, 0.1) is 0 Å². The van der Waals surface area contributed by atoms with Crippen molar-refractivity contribution in [3.63, 3.8) is 0 Å². The normalized spacial score (nSPS) is 15.6. The third-order valence-corrected chi connectivity index (χ3v) is 7.39. The second kappa shape index (κ2) is 7.46. The van der Waals surface area contributed by atoms with Crippen molar-refractivity contribution in [2.24, 2.45) is 0 Å². The van der Waals surface area contributed by atoms with Gasteiger partial charge in [-0.1, -0.05) is 6.07 Å². The number of rotatable bonds is 6. The van der Waals surface area contributed by atoms with Crippen LogP contribution in [-0.4, -0.2) is 36.7 Å². The molecule has 156 valence electrons. The number of nitrogens with one attached hydrogen (secondary N) is 2. The van der Waals surface area contributed by atoms with E-state index in [1.807, 2.05) is 4.72 Å². The number of aromatic nitrogens is 1. The van der Waals surface area contributed by atoms with Gasteiger partial charge in [0, 0.05) is 18.8 Å². The number of hydrogen-bond donors (Lipinski definition) is 2. The first kappa shape index (κ1) is 19.9. The average Bonchev–Trinajstić information content (AvgIpc) is 3.40. The highest BCUT2D eigenvalue weighted by atomic mass is 32.2. The van der Waals surface area contributed by atoms with Crippen LogP contribution in [0.4, 0.5) is 11.7 Å². The molecule has 0 saturated heterocycles. The fraction of sp³-hybridized carbons (Fsp3) is 0.500. The Morgan fingerprint density at radius 2 is 1.76 bits per heavy atom. The van der Waals surface area contributed by atoms with Gasteiger partial charge in [0.05, 0.1) is 6.20 Å². The molecule has 1 amide bonds. The van der Waals surface area contributed by atoms with Gasteiger partial charge in [0.15, 0.2) is 0 Å². The average molecular weight is 419 g/mol. The predicted molar refractivity (Wildman–Crippen MR) is 110 cm³/mol. The first-order valence-electron chi connectivity index (χ1n) is 9.95. The maximum absolute atomic E-state index is 12.3. The number of fused-ring (bicyclic) bond motifs is 2. The molecular formula is C20H26N4O4S. The monoisotopic (exact) mass is 418 g/mol. The molecule has 0 fully saturated rings. The Balaban J connectivity index is 1.55. The standard InChI is InChI=1S/C20H26N4O4S/c1-12(2)24(3)29(26,27)23-19(25)17-11-21-20(28-17)22-18-15-8-4-6-13(15)10-14-7-5-9-16(14)18/h10-12H,4-9H2,1-3H3,(H,21,22)(H,23,25). The van der Waals surface area contributed by atoms with Gasteiger partial charge in [-0.05, 0) is 74.6 Å². The summed E-state index contributed by atoms with van der Waals surface area (Å²) < 4.78 is 33.1. The number of benzene rings is 1. The van der Waals surface area contributed by atoms with E-state index in [1.165, 1.54) is 35.5 Å². The van der Waals surface area contributed by atoms with Crippen molar-refractivity contribution in [2.45, 2.75) is 58.4 Å². The highest BCUT2D eigenvalue weighted by Gasteiger charge is 2.27. The lowest BCUT2D eigenvalue weighted by molar-refractivity contribution is 0.0953. The summed E-state index contributed by atoms with van der Waals surface area (Å²) in [6, 6.07) is 2.24. The Morgan fingerprint density at radius 3 is 2.34 bits per heavy atom. The third-order valence-electron chi connectivity index (χ3n) is 5.76. The molecule has 0 unspecified atom stereocenters. The van der Waals surface area contributed by atoms with Crippen LogP contribution in [0.15, 0.2) is 16.7 Å². The van der Waals surface area contributed by atoms with Gasteiger partial charge in [-0.3, -0.25) is 4.79 Å². The summed E-state index contributed by atoms with van der Waals surface area (Å²) in [4.78, 5) is 16.5. The number of carbonyl (C=O) groups is 1. The molecule has 1 heterocycles. The number of oxazole rings is 1. The highest BCUT2D eigenvalue weighted by molar-refractivity contribution is 7.87. The van der Waals surface area contributed by atoms with E-state index in [-0.39, 0.29) is 17.8 Å². The summed E-state index contributed by atoms with van der Waals surface area (Å²) in [6.45, 7) is 3.44. The summed E-state index contributed by atoms with van der Waals surface area (Å²) in [7, 11) is -2.54. The highest BCUT2D eigenvalue weighted by Crippen LogP contribution is 2.39. The number of nitrogens with zero attached hydrogens (tertiary/aromatic N) is 2. The maximum Gasteiger partial charge on any atom is 0.304 e. The van der Waals surface area contributed by atoms with E-state index in [2.05, 4.69) is 16.4 Å². The minimum Gasteiger partial charge on any atom is -0.418 e. The molecule has 0 atom stereocenters. The van der Waals surface area contributed by atoms with Gasteiger partial charge in [0.1, 0.15) is 0 Å². The fourth-order valence-corrected chi connectivity index (χ4v) is 5.06. The van der Waals surface area contributed by atoms with Gasteiger partial charge < -0.3 is 9.73 Å². The predicted octanol–water partition coefficient (Wildman–Crippen LogP) is 2.71. The fourth-order valence-electron chi connectivity index (χ4n) is 4.03. The van der Waals surface area contributed by atoms with E-state index in [0.29, 0.717) is 0 Å². The van der Waals surface area contributed by atoms with Crippen LogP contribution in [-0.2, 0) is 35.9 Å². The molecule has 0 radical (unpaired) electrons. The van der Waals surface area contributed by atoms with Crippen LogP contribution in [0.25, 0.3) is 0 Å². The molecular weight excluding hydrogens is 392 g/mol. The number of amides is 1. The molecule has 2 aliphatic carbocycles. The topological polar surface area (TPSA) is 105 Å². The van der Waals surface area contributed by atoms with E-state index < -0.39 is 16.1 Å². The van der Waals surface area contributed by atoms with Crippen molar-refractivity contribution in [1.82, 2.24) is 14.0 Å². The van der Waals surface area contributed by atoms with Gasteiger partial charge in [-0.15, -0.1) is 0 Å². The smallest absolute Gasteiger partial charge is 0.304 e. The largest absolute Gasteiger partial charge is 0.418 e.